The first kappa shape index (κ1) is 12.8. The first-order valence-electron chi connectivity index (χ1n) is 6.96. The Bertz CT molecular complexity index is 505. The fourth-order valence-corrected chi connectivity index (χ4v) is 3.59. The largest absolute Gasteiger partial charge is 0.307 e. The van der Waals surface area contributed by atoms with Crippen LogP contribution in [-0.2, 0) is 6.54 Å². The first-order chi connectivity index (χ1) is 9.34. The minimum absolute atomic E-state index is 0.497. The normalized spacial score (nSPS) is 23.6. The van der Waals surface area contributed by atoms with Gasteiger partial charge in [-0.15, -0.1) is 11.3 Å². The Morgan fingerprint density at radius 3 is 3.05 bits per heavy atom. The maximum absolute atomic E-state index is 4.42. The van der Waals surface area contributed by atoms with Gasteiger partial charge in [0, 0.05) is 29.9 Å². The summed E-state index contributed by atoms with van der Waals surface area (Å²) >= 11 is 1.74. The van der Waals surface area contributed by atoms with E-state index in [0.29, 0.717) is 12.1 Å². The minimum Gasteiger partial charge on any atom is -0.307 e. The lowest BCUT2D eigenvalue weighted by atomic mass is 9.90. The summed E-state index contributed by atoms with van der Waals surface area (Å²) in [5, 5.41) is 8.13. The molecule has 0 aliphatic heterocycles. The number of aryl methyl sites for hydroxylation is 1. The van der Waals surface area contributed by atoms with Crippen LogP contribution in [0, 0.1) is 6.92 Å². The van der Waals surface area contributed by atoms with Gasteiger partial charge in [0.1, 0.15) is 0 Å². The third-order valence-corrected chi connectivity index (χ3v) is 4.90. The van der Waals surface area contributed by atoms with Crippen LogP contribution in [0.1, 0.15) is 42.3 Å². The van der Waals surface area contributed by atoms with E-state index in [4.69, 9.17) is 0 Å². The van der Waals surface area contributed by atoms with Crippen molar-refractivity contribution in [3.63, 3.8) is 0 Å². The van der Waals surface area contributed by atoms with Crippen LogP contribution in [0.3, 0.4) is 0 Å². The molecule has 1 saturated carbocycles. The van der Waals surface area contributed by atoms with Crippen molar-refractivity contribution in [1.82, 2.24) is 20.1 Å². The quantitative estimate of drug-likeness (QED) is 0.933. The zero-order valence-corrected chi connectivity index (χ0v) is 12.1. The van der Waals surface area contributed by atoms with Gasteiger partial charge in [-0.25, -0.2) is 4.98 Å². The third-order valence-electron chi connectivity index (χ3n) is 3.96. The lowest BCUT2D eigenvalue weighted by Gasteiger charge is -2.32. The topological polar surface area (TPSA) is 42.7 Å². The predicted molar refractivity (Wildman–Crippen MR) is 77.2 cm³/mol. The molecule has 0 radical (unpaired) electrons. The molecule has 2 unspecified atom stereocenters. The molecule has 19 heavy (non-hydrogen) atoms. The number of aromatic nitrogens is 3. The van der Waals surface area contributed by atoms with Crippen LogP contribution in [0.25, 0.3) is 0 Å². The van der Waals surface area contributed by atoms with Gasteiger partial charge >= 0.3 is 0 Å². The summed E-state index contributed by atoms with van der Waals surface area (Å²) in [5.41, 5.74) is 3.09. The van der Waals surface area contributed by atoms with E-state index in [-0.39, 0.29) is 0 Å². The Hall–Kier alpha value is -1.20. The van der Waals surface area contributed by atoms with Gasteiger partial charge in [0.05, 0.1) is 17.2 Å². The Labute approximate surface area is 117 Å². The van der Waals surface area contributed by atoms with Gasteiger partial charge in [0.25, 0.3) is 0 Å². The van der Waals surface area contributed by atoms with Crippen LogP contribution in [0.15, 0.2) is 24.0 Å². The molecular weight excluding hydrogens is 256 g/mol. The molecule has 2 aromatic heterocycles. The van der Waals surface area contributed by atoms with Gasteiger partial charge in [-0.2, -0.15) is 5.10 Å². The second-order valence-corrected chi connectivity index (χ2v) is 6.13. The summed E-state index contributed by atoms with van der Waals surface area (Å²) in [6, 6.07) is 3.03. The molecule has 5 heteroatoms. The van der Waals surface area contributed by atoms with E-state index in [2.05, 4.69) is 33.2 Å². The van der Waals surface area contributed by atoms with Gasteiger partial charge in [0.15, 0.2) is 0 Å². The SMILES string of the molecule is Cc1ncsc1CNC1CCCCC1n1cccn1. The lowest BCUT2D eigenvalue weighted by molar-refractivity contribution is 0.246. The second-order valence-electron chi connectivity index (χ2n) is 5.19. The fourth-order valence-electron chi connectivity index (χ4n) is 2.86. The molecule has 2 aromatic rings. The molecule has 0 amide bonds. The number of nitrogens with zero attached hydrogens (tertiary/aromatic N) is 3. The van der Waals surface area contributed by atoms with E-state index >= 15 is 0 Å². The number of thiazole rings is 1. The molecule has 3 rings (SSSR count). The zero-order chi connectivity index (χ0) is 13.1. The minimum atomic E-state index is 0.497. The highest BCUT2D eigenvalue weighted by Gasteiger charge is 2.26. The van der Waals surface area contributed by atoms with Crippen molar-refractivity contribution in [3.8, 4) is 0 Å². The van der Waals surface area contributed by atoms with Crippen LogP contribution in [0.2, 0.25) is 0 Å². The molecule has 0 aromatic carbocycles. The highest BCUT2D eigenvalue weighted by atomic mass is 32.1. The number of hydrogen-bond acceptors (Lipinski definition) is 4. The Morgan fingerprint density at radius 1 is 1.42 bits per heavy atom. The average molecular weight is 276 g/mol. The van der Waals surface area contributed by atoms with Crippen LogP contribution >= 0.6 is 11.3 Å². The average Bonchev–Trinajstić information content (AvgIpc) is 3.08. The first-order valence-corrected chi connectivity index (χ1v) is 7.84. The molecule has 102 valence electrons. The maximum Gasteiger partial charge on any atom is 0.0798 e. The summed E-state index contributed by atoms with van der Waals surface area (Å²) in [5.74, 6) is 0. The van der Waals surface area contributed by atoms with Crippen LogP contribution in [0.5, 0.6) is 0 Å². The molecule has 1 fully saturated rings. The molecule has 1 aliphatic rings. The fraction of sp³-hybridized carbons (Fsp3) is 0.571. The Kier molecular flexibility index (Phi) is 3.94. The van der Waals surface area contributed by atoms with Crippen molar-refractivity contribution >= 4 is 11.3 Å². The smallest absolute Gasteiger partial charge is 0.0798 e. The number of rotatable bonds is 4. The van der Waals surface area contributed by atoms with Crippen molar-refractivity contribution in [2.24, 2.45) is 0 Å². The standard InChI is InChI=1S/C14H20N4S/c1-11-14(19-10-16-11)9-15-12-5-2-3-6-13(12)18-8-4-7-17-18/h4,7-8,10,12-13,15H,2-3,5-6,9H2,1H3. The lowest BCUT2D eigenvalue weighted by Crippen LogP contribution is -2.39. The monoisotopic (exact) mass is 276 g/mol. The van der Waals surface area contributed by atoms with Crippen molar-refractivity contribution in [3.05, 3.63) is 34.5 Å². The summed E-state index contributed by atoms with van der Waals surface area (Å²) in [6.45, 7) is 3.01. The van der Waals surface area contributed by atoms with Crippen molar-refractivity contribution in [2.45, 2.75) is 51.2 Å². The van der Waals surface area contributed by atoms with Gasteiger partial charge in [0.2, 0.25) is 0 Å². The summed E-state index contributed by atoms with van der Waals surface area (Å²) in [7, 11) is 0. The maximum atomic E-state index is 4.42. The van der Waals surface area contributed by atoms with E-state index in [1.165, 1.54) is 30.6 Å². The van der Waals surface area contributed by atoms with Gasteiger partial charge in [-0.05, 0) is 25.8 Å². The molecule has 1 N–H and O–H groups in total. The molecule has 1 aliphatic carbocycles. The van der Waals surface area contributed by atoms with Crippen LogP contribution < -0.4 is 5.32 Å². The predicted octanol–water partition coefficient (Wildman–Crippen LogP) is 2.92. The van der Waals surface area contributed by atoms with E-state index in [1.54, 1.807) is 11.3 Å². The molecule has 2 heterocycles. The summed E-state index contributed by atoms with van der Waals surface area (Å²) in [4.78, 5) is 5.66. The molecule has 2 atom stereocenters. The van der Waals surface area contributed by atoms with E-state index in [0.717, 1.165) is 12.2 Å². The molecular formula is C14H20N4S. The van der Waals surface area contributed by atoms with Crippen molar-refractivity contribution in [1.29, 1.82) is 0 Å². The zero-order valence-electron chi connectivity index (χ0n) is 11.2. The molecule has 0 saturated heterocycles. The molecule has 0 spiro atoms. The van der Waals surface area contributed by atoms with Gasteiger partial charge in [-0.1, -0.05) is 12.8 Å². The summed E-state index contributed by atoms with van der Waals surface area (Å²) in [6.07, 6.45) is 9.05. The highest BCUT2D eigenvalue weighted by Crippen LogP contribution is 2.28. The van der Waals surface area contributed by atoms with Crippen LogP contribution in [-0.4, -0.2) is 20.8 Å². The second kappa shape index (κ2) is 5.84. The van der Waals surface area contributed by atoms with E-state index in [1.807, 2.05) is 17.8 Å². The third kappa shape index (κ3) is 2.87. The van der Waals surface area contributed by atoms with E-state index in [9.17, 15) is 0 Å². The molecule has 0 bridgehead atoms. The van der Waals surface area contributed by atoms with Crippen molar-refractivity contribution < 1.29 is 0 Å². The number of nitrogens with one attached hydrogen (secondary N) is 1. The van der Waals surface area contributed by atoms with Gasteiger partial charge < -0.3 is 5.32 Å². The summed E-state index contributed by atoms with van der Waals surface area (Å²) < 4.78 is 2.12. The number of hydrogen-bond donors (Lipinski definition) is 1. The van der Waals surface area contributed by atoms with E-state index < -0.39 is 0 Å². The molecule has 4 nitrogen and oxygen atoms in total. The van der Waals surface area contributed by atoms with Crippen LogP contribution in [0.4, 0.5) is 0 Å². The van der Waals surface area contributed by atoms with Gasteiger partial charge in [-0.3, -0.25) is 4.68 Å². The highest BCUT2D eigenvalue weighted by molar-refractivity contribution is 7.09. The van der Waals surface area contributed by atoms with Crippen molar-refractivity contribution in [2.75, 3.05) is 0 Å². The Morgan fingerprint density at radius 2 is 2.32 bits per heavy atom. The Balaban J connectivity index is 1.66.